The predicted octanol–water partition coefficient (Wildman–Crippen LogP) is 12.5. The summed E-state index contributed by atoms with van der Waals surface area (Å²) in [6, 6.07) is 67.1. The summed E-state index contributed by atoms with van der Waals surface area (Å²) in [7, 11) is 0. The lowest BCUT2D eigenvalue weighted by atomic mass is 9.98. The van der Waals surface area contributed by atoms with Crippen molar-refractivity contribution in [2.45, 2.75) is 0 Å². The van der Waals surface area contributed by atoms with Crippen LogP contribution < -0.4 is 0 Å². The highest BCUT2D eigenvalue weighted by Crippen LogP contribution is 2.43. The molecule has 0 fully saturated rings. The molecule has 0 atom stereocenters. The van der Waals surface area contributed by atoms with E-state index < -0.39 is 0 Å². The molecule has 53 heavy (non-hydrogen) atoms. The Balaban J connectivity index is 1.21. The molecule has 0 saturated heterocycles. The highest BCUT2D eigenvalue weighted by Gasteiger charge is 2.22. The van der Waals surface area contributed by atoms with Crippen molar-refractivity contribution in [1.29, 1.82) is 5.26 Å². The van der Waals surface area contributed by atoms with Gasteiger partial charge in [0.15, 0.2) is 0 Å². The Kier molecular flexibility index (Phi) is 6.28. The third-order valence-electron chi connectivity index (χ3n) is 10.9. The lowest BCUT2D eigenvalue weighted by Gasteiger charge is -2.17. The summed E-state index contributed by atoms with van der Waals surface area (Å²) in [6.45, 7) is 0. The van der Waals surface area contributed by atoms with Crippen LogP contribution in [0.4, 0.5) is 0 Å². The largest absolute Gasteiger partial charge is 0.309 e. The molecule has 0 bridgehead atoms. The maximum atomic E-state index is 10.2. The lowest BCUT2D eigenvalue weighted by Crippen LogP contribution is -2.04. The van der Waals surface area contributed by atoms with E-state index in [4.69, 9.17) is 0 Å². The smallest absolute Gasteiger partial charge is 0.0992 e. The van der Waals surface area contributed by atoms with Crippen molar-refractivity contribution in [3.8, 4) is 34.3 Å². The summed E-state index contributed by atoms with van der Waals surface area (Å²) >= 11 is 0. The summed E-state index contributed by atoms with van der Waals surface area (Å²) in [5, 5.41) is 17.4. The normalized spacial score (nSPS) is 11.8. The molecule has 246 valence electrons. The van der Waals surface area contributed by atoms with Crippen molar-refractivity contribution in [2.75, 3.05) is 0 Å². The van der Waals surface area contributed by atoms with Crippen LogP contribution in [0.5, 0.6) is 0 Å². The van der Waals surface area contributed by atoms with Gasteiger partial charge in [0.1, 0.15) is 0 Å². The number of rotatable bonds is 4. The summed E-state index contributed by atoms with van der Waals surface area (Å²) in [4.78, 5) is 0. The van der Waals surface area contributed by atoms with Gasteiger partial charge >= 0.3 is 0 Å². The molecule has 3 aromatic heterocycles. The van der Waals surface area contributed by atoms with E-state index in [1.165, 1.54) is 48.9 Å². The molecule has 0 aliphatic carbocycles. The van der Waals surface area contributed by atoms with E-state index in [2.05, 4.69) is 190 Å². The summed E-state index contributed by atoms with van der Waals surface area (Å²) in [5.41, 5.74) is 12.9. The molecule has 0 amide bonds. The van der Waals surface area contributed by atoms with E-state index in [9.17, 15) is 5.26 Å². The number of nitrogens with zero attached hydrogens (tertiary/aromatic N) is 4. The van der Waals surface area contributed by atoms with Crippen LogP contribution in [0.2, 0.25) is 0 Å². The van der Waals surface area contributed by atoms with Crippen LogP contribution in [0, 0.1) is 11.3 Å². The van der Waals surface area contributed by atoms with E-state index >= 15 is 0 Å². The minimum atomic E-state index is 0.617. The van der Waals surface area contributed by atoms with Crippen molar-refractivity contribution in [1.82, 2.24) is 13.7 Å². The molecule has 0 saturated carbocycles. The van der Waals surface area contributed by atoms with E-state index in [1.807, 2.05) is 12.1 Å². The fraction of sp³-hybridized carbons (Fsp3) is 0. The Morgan fingerprint density at radius 1 is 0.358 bits per heavy atom. The molecule has 4 nitrogen and oxygen atoms in total. The molecule has 0 aliphatic heterocycles. The van der Waals surface area contributed by atoms with Gasteiger partial charge in [-0.1, -0.05) is 109 Å². The van der Waals surface area contributed by atoms with Gasteiger partial charge in [0.25, 0.3) is 0 Å². The van der Waals surface area contributed by atoms with Crippen LogP contribution in [0.25, 0.3) is 93.6 Å². The summed E-state index contributed by atoms with van der Waals surface area (Å²) in [5.74, 6) is 0. The molecule has 3 heterocycles. The molecule has 4 heteroatoms. The second-order valence-corrected chi connectivity index (χ2v) is 13.7. The first-order chi connectivity index (χ1) is 26.3. The van der Waals surface area contributed by atoms with Crippen molar-refractivity contribution >= 4 is 65.4 Å². The molecule has 0 N–H and O–H groups in total. The number of benzene rings is 8. The van der Waals surface area contributed by atoms with Crippen LogP contribution in [-0.4, -0.2) is 13.7 Å². The van der Waals surface area contributed by atoms with Gasteiger partial charge in [-0.15, -0.1) is 0 Å². The summed E-state index contributed by atoms with van der Waals surface area (Å²) in [6.07, 6.45) is 0. The first-order valence-electron chi connectivity index (χ1n) is 17.9. The average molecular weight is 675 g/mol. The molecule has 0 unspecified atom stereocenters. The first kappa shape index (κ1) is 29.4. The highest BCUT2D eigenvalue weighted by atomic mass is 15.1. The fourth-order valence-electron chi connectivity index (χ4n) is 8.66. The van der Waals surface area contributed by atoms with Gasteiger partial charge < -0.3 is 13.7 Å². The van der Waals surface area contributed by atoms with E-state index in [0.29, 0.717) is 5.56 Å². The number of hydrogen-bond donors (Lipinski definition) is 0. The van der Waals surface area contributed by atoms with Crippen molar-refractivity contribution in [3.05, 3.63) is 188 Å². The van der Waals surface area contributed by atoms with Crippen molar-refractivity contribution < 1.29 is 0 Å². The Bertz CT molecular complexity index is 3240. The highest BCUT2D eigenvalue weighted by molar-refractivity contribution is 6.18. The molecule has 11 aromatic rings. The zero-order valence-corrected chi connectivity index (χ0v) is 28.6. The van der Waals surface area contributed by atoms with Crippen LogP contribution in [0.15, 0.2) is 182 Å². The summed E-state index contributed by atoms with van der Waals surface area (Å²) < 4.78 is 7.06. The number of aromatic nitrogens is 3. The number of nitriles is 1. The Morgan fingerprint density at radius 2 is 0.887 bits per heavy atom. The number of hydrogen-bond acceptors (Lipinski definition) is 1. The topological polar surface area (TPSA) is 38.6 Å². The zero-order chi connectivity index (χ0) is 35.0. The molecule has 0 aliphatic rings. The van der Waals surface area contributed by atoms with Gasteiger partial charge in [-0.05, 0) is 83.9 Å². The first-order valence-corrected chi connectivity index (χ1v) is 17.9. The Morgan fingerprint density at radius 3 is 1.57 bits per heavy atom. The predicted molar refractivity (Wildman–Crippen MR) is 220 cm³/mol. The van der Waals surface area contributed by atoms with Crippen LogP contribution >= 0.6 is 0 Å². The van der Waals surface area contributed by atoms with E-state index in [0.717, 1.165) is 44.7 Å². The molecule has 11 rings (SSSR count). The SMILES string of the molecule is N#Cc1ccc(-n2c3ccccc3c3ccccc32)c(-n2c3ccccc3c3c(-c4ccc5c(c4)c4ccccc4n5-c4ccccc4)cccc32)c1. The maximum Gasteiger partial charge on any atom is 0.0992 e. The second kappa shape index (κ2) is 11.3. The number of para-hydroxylation sites is 5. The molecule has 0 spiro atoms. The molecular weight excluding hydrogens is 645 g/mol. The maximum absolute atomic E-state index is 10.2. The minimum absolute atomic E-state index is 0.617. The van der Waals surface area contributed by atoms with Gasteiger partial charge in [-0.2, -0.15) is 5.26 Å². The number of fused-ring (bicyclic) bond motifs is 9. The van der Waals surface area contributed by atoms with Gasteiger partial charge in [-0.3, -0.25) is 0 Å². The monoisotopic (exact) mass is 674 g/mol. The Hall–Kier alpha value is -7.35. The second-order valence-electron chi connectivity index (χ2n) is 13.7. The molecule has 8 aromatic carbocycles. The van der Waals surface area contributed by atoms with Gasteiger partial charge in [0.2, 0.25) is 0 Å². The van der Waals surface area contributed by atoms with Crippen LogP contribution in [-0.2, 0) is 0 Å². The van der Waals surface area contributed by atoms with Gasteiger partial charge in [0.05, 0.1) is 56.1 Å². The van der Waals surface area contributed by atoms with Gasteiger partial charge in [-0.25, -0.2) is 0 Å². The Labute approximate surface area is 305 Å². The zero-order valence-electron chi connectivity index (χ0n) is 28.6. The minimum Gasteiger partial charge on any atom is -0.309 e. The van der Waals surface area contributed by atoms with Crippen molar-refractivity contribution in [2.24, 2.45) is 0 Å². The molecule has 0 radical (unpaired) electrons. The third kappa shape index (κ3) is 4.22. The van der Waals surface area contributed by atoms with Gasteiger partial charge in [0, 0.05) is 38.0 Å². The standard InChI is InChI=1S/C49H30N4/c50-31-32-25-27-46(52-42-21-9-4-15-36(42)37-16-5-10-22-43(37)52)48(29-32)53-44-23-11-7-18-39(44)49-35(19-12-24-47(49)53)33-26-28-45-40(30-33)38-17-6-8-20-41(38)51(45)34-13-2-1-3-14-34/h1-30H. The molecular formula is C49H30N4. The van der Waals surface area contributed by atoms with Crippen molar-refractivity contribution in [3.63, 3.8) is 0 Å². The van der Waals surface area contributed by atoms with Crippen LogP contribution in [0.3, 0.4) is 0 Å². The average Bonchev–Trinajstić information content (AvgIpc) is 3.86. The quantitative estimate of drug-likeness (QED) is 0.183. The van der Waals surface area contributed by atoms with E-state index in [1.54, 1.807) is 0 Å². The van der Waals surface area contributed by atoms with Crippen LogP contribution in [0.1, 0.15) is 5.56 Å². The third-order valence-corrected chi connectivity index (χ3v) is 10.9. The lowest BCUT2D eigenvalue weighted by molar-refractivity contribution is 1.09. The van der Waals surface area contributed by atoms with E-state index in [-0.39, 0.29) is 0 Å². The fourth-order valence-corrected chi connectivity index (χ4v) is 8.66.